The molecule has 2 aromatic rings. The molecular weight excluding hydrogens is 476 g/mol. The van der Waals surface area contributed by atoms with Gasteiger partial charge in [0.2, 0.25) is 10.0 Å². The number of halogens is 4. The van der Waals surface area contributed by atoms with Gasteiger partial charge in [-0.1, -0.05) is 12.1 Å². The van der Waals surface area contributed by atoms with Crippen LogP contribution in [0.1, 0.15) is 35.8 Å². The predicted molar refractivity (Wildman–Crippen MR) is 114 cm³/mol. The van der Waals surface area contributed by atoms with Crippen LogP contribution < -0.4 is 5.32 Å². The zero-order valence-corrected chi connectivity index (χ0v) is 19.0. The highest BCUT2D eigenvalue weighted by Gasteiger charge is 2.58. The van der Waals surface area contributed by atoms with Gasteiger partial charge in [-0.3, -0.25) is 9.78 Å². The number of hydrogen-bond donors (Lipinski definition) is 1. The molecule has 3 aliphatic rings. The van der Waals surface area contributed by atoms with Crippen LogP contribution in [-0.2, 0) is 16.2 Å². The lowest BCUT2D eigenvalue weighted by Crippen LogP contribution is -2.68. The van der Waals surface area contributed by atoms with E-state index in [4.69, 9.17) is 0 Å². The molecule has 1 aliphatic carbocycles. The first-order valence-corrected chi connectivity index (χ1v) is 12.2. The van der Waals surface area contributed by atoms with Crippen molar-refractivity contribution in [3.63, 3.8) is 0 Å². The van der Waals surface area contributed by atoms with Crippen LogP contribution in [0.4, 0.5) is 23.2 Å². The SMILES string of the molecule is C[C@@H]1CNc2cc(C(F)(F)F)ncc2C(=O)N1C1CC2(C1)CN(S(=O)(=O)c1ccccc1F)C2. The van der Waals surface area contributed by atoms with Gasteiger partial charge in [0.1, 0.15) is 16.4 Å². The van der Waals surface area contributed by atoms with Crippen molar-refractivity contribution in [3.8, 4) is 0 Å². The molecule has 34 heavy (non-hydrogen) atoms. The number of aromatic nitrogens is 1. The summed E-state index contributed by atoms with van der Waals surface area (Å²) in [6, 6.07) is 5.63. The van der Waals surface area contributed by atoms with Gasteiger partial charge in [0.05, 0.1) is 11.3 Å². The molecule has 1 atom stereocenters. The van der Waals surface area contributed by atoms with E-state index in [1.165, 1.54) is 22.5 Å². The van der Waals surface area contributed by atoms with Gasteiger partial charge in [-0.15, -0.1) is 0 Å². The molecule has 1 N–H and O–H groups in total. The zero-order chi connectivity index (χ0) is 24.5. The smallest absolute Gasteiger partial charge is 0.382 e. The van der Waals surface area contributed by atoms with E-state index < -0.39 is 33.6 Å². The van der Waals surface area contributed by atoms with E-state index in [1.807, 2.05) is 6.92 Å². The van der Waals surface area contributed by atoms with E-state index in [1.54, 1.807) is 4.90 Å². The Morgan fingerprint density at radius 3 is 2.50 bits per heavy atom. The summed E-state index contributed by atoms with van der Waals surface area (Å²) in [5, 5.41) is 2.92. The Kier molecular flexibility index (Phi) is 5.17. The molecule has 7 nitrogen and oxygen atoms in total. The Balaban J connectivity index is 1.29. The number of nitrogens with zero attached hydrogens (tertiary/aromatic N) is 3. The molecule has 3 heterocycles. The van der Waals surface area contributed by atoms with Crippen LogP contribution in [0.25, 0.3) is 0 Å². The van der Waals surface area contributed by atoms with Crippen molar-refractivity contribution in [1.82, 2.24) is 14.2 Å². The zero-order valence-electron chi connectivity index (χ0n) is 18.1. The second kappa shape index (κ2) is 7.64. The van der Waals surface area contributed by atoms with E-state index in [9.17, 15) is 30.8 Å². The van der Waals surface area contributed by atoms with E-state index >= 15 is 0 Å². The minimum absolute atomic E-state index is 0.0793. The number of nitrogens with one attached hydrogen (secondary N) is 1. The fourth-order valence-corrected chi connectivity index (χ4v) is 6.94. The van der Waals surface area contributed by atoms with Crippen LogP contribution in [-0.4, -0.2) is 60.2 Å². The molecule has 0 bridgehead atoms. The van der Waals surface area contributed by atoms with Crippen molar-refractivity contribution in [1.29, 1.82) is 0 Å². The number of alkyl halides is 3. The Hall–Kier alpha value is -2.73. The van der Waals surface area contributed by atoms with Crippen LogP contribution >= 0.6 is 0 Å². The number of fused-ring (bicyclic) bond motifs is 1. The molecule has 2 fully saturated rings. The number of benzene rings is 1. The number of amides is 1. The summed E-state index contributed by atoms with van der Waals surface area (Å²) in [7, 11) is -3.94. The average molecular weight is 499 g/mol. The highest BCUT2D eigenvalue weighted by Crippen LogP contribution is 2.52. The molecule has 0 radical (unpaired) electrons. The molecule has 1 aromatic carbocycles. The number of hydrogen-bond acceptors (Lipinski definition) is 5. The Bertz CT molecular complexity index is 1250. The van der Waals surface area contributed by atoms with Crippen LogP contribution in [0.5, 0.6) is 0 Å². The molecule has 12 heteroatoms. The summed E-state index contributed by atoms with van der Waals surface area (Å²) in [6.45, 7) is 2.57. The maximum absolute atomic E-state index is 14.0. The summed E-state index contributed by atoms with van der Waals surface area (Å²) in [4.78, 5) is 18.0. The third kappa shape index (κ3) is 3.63. The number of pyridine rings is 1. The predicted octanol–water partition coefficient (Wildman–Crippen LogP) is 3.35. The monoisotopic (exact) mass is 498 g/mol. The summed E-state index contributed by atoms with van der Waals surface area (Å²) in [5.41, 5.74) is -1.18. The molecule has 1 aromatic heterocycles. The minimum atomic E-state index is -4.61. The highest BCUT2D eigenvalue weighted by molar-refractivity contribution is 7.89. The van der Waals surface area contributed by atoms with Crippen LogP contribution in [0.15, 0.2) is 41.4 Å². The number of carbonyl (C=O) groups excluding carboxylic acids is 1. The third-order valence-electron chi connectivity index (χ3n) is 6.93. The standard InChI is InChI=1S/C22H22F4N4O3S/c1-13-9-27-17-6-19(22(24,25)26)28-10-15(17)20(31)30(13)14-7-21(8-14)11-29(12-21)34(32,33)18-5-3-2-4-16(18)23/h2-6,10,13-14,27H,7-9,11-12H2,1H3/t13-/m1/s1. The summed E-state index contributed by atoms with van der Waals surface area (Å²) < 4.78 is 79.8. The number of rotatable bonds is 3. The number of sulfonamides is 1. The Morgan fingerprint density at radius 2 is 1.85 bits per heavy atom. The molecule has 1 saturated heterocycles. The normalized spacial score (nSPS) is 23.0. The van der Waals surface area contributed by atoms with Gasteiger partial charge in [0, 0.05) is 43.3 Å². The summed E-state index contributed by atoms with van der Waals surface area (Å²) in [5.74, 6) is -1.20. The fraction of sp³-hybridized carbons (Fsp3) is 0.455. The van der Waals surface area contributed by atoms with Crippen molar-refractivity contribution in [3.05, 3.63) is 53.6 Å². The molecule has 0 unspecified atom stereocenters. The maximum atomic E-state index is 14.0. The highest BCUT2D eigenvalue weighted by atomic mass is 32.2. The summed E-state index contributed by atoms with van der Waals surface area (Å²) in [6.07, 6.45) is -2.53. The number of carbonyl (C=O) groups is 1. The lowest BCUT2D eigenvalue weighted by molar-refractivity contribution is -0.141. The van der Waals surface area contributed by atoms with Crippen LogP contribution in [0.2, 0.25) is 0 Å². The lowest BCUT2D eigenvalue weighted by Gasteiger charge is -2.60. The molecule has 2 aliphatic heterocycles. The van der Waals surface area contributed by atoms with Gasteiger partial charge in [0.15, 0.2) is 0 Å². The van der Waals surface area contributed by atoms with E-state index in [0.29, 0.717) is 12.8 Å². The van der Waals surface area contributed by atoms with Gasteiger partial charge >= 0.3 is 6.18 Å². The molecule has 1 saturated carbocycles. The number of anilines is 1. The van der Waals surface area contributed by atoms with E-state index in [-0.39, 0.29) is 53.3 Å². The van der Waals surface area contributed by atoms with Gasteiger partial charge in [-0.05, 0) is 38.0 Å². The largest absolute Gasteiger partial charge is 0.433 e. The van der Waals surface area contributed by atoms with Gasteiger partial charge in [0.25, 0.3) is 5.91 Å². The van der Waals surface area contributed by atoms with E-state index in [2.05, 4.69) is 10.3 Å². The summed E-state index contributed by atoms with van der Waals surface area (Å²) >= 11 is 0. The first-order valence-electron chi connectivity index (χ1n) is 10.8. The molecule has 5 rings (SSSR count). The fourth-order valence-electron chi connectivity index (χ4n) is 5.21. The van der Waals surface area contributed by atoms with Gasteiger partial charge in [-0.25, -0.2) is 12.8 Å². The first-order chi connectivity index (χ1) is 15.9. The quantitative estimate of drug-likeness (QED) is 0.657. The Morgan fingerprint density at radius 1 is 1.18 bits per heavy atom. The second-order valence-corrected chi connectivity index (χ2v) is 11.2. The molecule has 1 spiro atoms. The van der Waals surface area contributed by atoms with Crippen molar-refractivity contribution >= 4 is 21.6 Å². The van der Waals surface area contributed by atoms with Crippen molar-refractivity contribution in [2.24, 2.45) is 5.41 Å². The Labute approximate surface area is 193 Å². The van der Waals surface area contributed by atoms with Gasteiger partial charge in [-0.2, -0.15) is 17.5 Å². The van der Waals surface area contributed by atoms with Crippen molar-refractivity contribution < 1.29 is 30.8 Å². The molecule has 1 amide bonds. The third-order valence-corrected chi connectivity index (χ3v) is 8.76. The molecular formula is C22H22F4N4O3S. The maximum Gasteiger partial charge on any atom is 0.433 e. The first kappa shape index (κ1) is 23.0. The van der Waals surface area contributed by atoms with Crippen LogP contribution in [0, 0.1) is 11.2 Å². The van der Waals surface area contributed by atoms with Gasteiger partial charge < -0.3 is 10.2 Å². The molecule has 182 valence electrons. The van der Waals surface area contributed by atoms with Crippen molar-refractivity contribution in [2.75, 3.05) is 25.0 Å². The topological polar surface area (TPSA) is 82.6 Å². The second-order valence-electron chi connectivity index (χ2n) is 9.32. The lowest BCUT2D eigenvalue weighted by atomic mass is 9.61. The van der Waals surface area contributed by atoms with Crippen LogP contribution in [0.3, 0.4) is 0 Å². The minimum Gasteiger partial charge on any atom is -0.382 e. The average Bonchev–Trinajstić information content (AvgIpc) is 2.82. The van der Waals surface area contributed by atoms with Crippen molar-refractivity contribution in [2.45, 2.75) is 42.9 Å². The van der Waals surface area contributed by atoms with E-state index in [0.717, 1.165) is 18.3 Å².